The highest BCUT2D eigenvalue weighted by Crippen LogP contribution is 2.68. The third kappa shape index (κ3) is 3.96. The number of Topliss-reactive ketones (excluding diaryl/α,β-unsaturated/α-hetero) is 1. The Kier molecular flexibility index (Phi) is 6.57. The summed E-state index contributed by atoms with van der Waals surface area (Å²) < 4.78 is 2.26. The van der Waals surface area contributed by atoms with E-state index in [0.717, 1.165) is 44.4 Å². The minimum absolute atomic E-state index is 0.0181. The number of hydrogen-bond donors (Lipinski definition) is 2. The first-order valence-corrected chi connectivity index (χ1v) is 15.9. The third-order valence-corrected chi connectivity index (χ3v) is 12.5. The summed E-state index contributed by atoms with van der Waals surface area (Å²) in [5.74, 6) is 2.90. The minimum atomic E-state index is -1.13. The molecule has 4 fully saturated rings. The number of aromatic nitrogens is 2. The van der Waals surface area contributed by atoms with Crippen LogP contribution in [0.1, 0.15) is 96.7 Å². The Hall–Kier alpha value is -1.03. The molecule has 204 valence electrons. The molecule has 6 heteroatoms. The van der Waals surface area contributed by atoms with Crippen molar-refractivity contribution in [2.75, 3.05) is 6.29 Å². The van der Waals surface area contributed by atoms with Crippen LogP contribution in [-0.4, -0.2) is 38.6 Å². The Morgan fingerprint density at radius 2 is 1.89 bits per heavy atom. The van der Waals surface area contributed by atoms with Gasteiger partial charge in [-0.3, -0.25) is 9.48 Å². The SMILES string of the molecule is CC(=O)[C@@]1(O)CC[C@H]2[C@@H]3C[C@H](C)C4=Cc5nn(CC6CCC(NCP)CC6)cc5C[C@]4(C)[C@H]3CC[C@@]21C. The van der Waals surface area contributed by atoms with E-state index in [1.165, 1.54) is 43.4 Å². The molecule has 1 unspecified atom stereocenters. The zero-order valence-electron chi connectivity index (χ0n) is 23.4. The van der Waals surface area contributed by atoms with Gasteiger partial charge in [-0.2, -0.15) is 5.10 Å². The minimum Gasteiger partial charge on any atom is -0.382 e. The second kappa shape index (κ2) is 9.27. The average molecular weight is 526 g/mol. The van der Waals surface area contributed by atoms with Crippen molar-refractivity contribution in [3.63, 3.8) is 0 Å². The molecular formula is C31H48N3O2P. The fourth-order valence-electron chi connectivity index (χ4n) is 10.2. The molecule has 0 bridgehead atoms. The van der Waals surface area contributed by atoms with E-state index in [1.807, 2.05) is 0 Å². The lowest BCUT2D eigenvalue weighted by Crippen LogP contribution is -2.58. The number of ketones is 1. The lowest BCUT2D eigenvalue weighted by atomic mass is 9.44. The van der Waals surface area contributed by atoms with Gasteiger partial charge in [0, 0.05) is 30.5 Å². The number of allylic oxidation sites excluding steroid dienone is 1. The molecule has 4 saturated carbocycles. The van der Waals surface area contributed by atoms with Gasteiger partial charge >= 0.3 is 0 Å². The molecular weight excluding hydrogens is 477 g/mol. The molecule has 37 heavy (non-hydrogen) atoms. The molecule has 1 aromatic heterocycles. The molecule has 0 saturated heterocycles. The molecule has 8 atom stereocenters. The topological polar surface area (TPSA) is 67.1 Å². The standard InChI is InChI=1S/C31H48N3O2P/c1-19-13-24-25(9-11-30(4)26(24)10-12-31(30,36)20(2)35)29(3)15-22-17-34(33-28(22)14-27(19)29)16-21-5-7-23(8-6-21)32-18-37/h14,17,19,21,23-26,32,36H,5-13,15-16,18,37H2,1-4H3/t19-,21?,23?,24+,25-,26-,29+,30-,31-/m0/s1. The summed E-state index contributed by atoms with van der Waals surface area (Å²) >= 11 is 0. The predicted octanol–water partition coefficient (Wildman–Crippen LogP) is 5.61. The number of rotatable bonds is 5. The van der Waals surface area contributed by atoms with Crippen LogP contribution in [0.5, 0.6) is 0 Å². The summed E-state index contributed by atoms with van der Waals surface area (Å²) in [5, 5.41) is 20.2. The number of aliphatic hydroxyl groups is 1. The summed E-state index contributed by atoms with van der Waals surface area (Å²) in [6.07, 6.45) is 17.0. The highest BCUT2D eigenvalue weighted by atomic mass is 31.0. The molecule has 5 aliphatic rings. The molecule has 0 radical (unpaired) electrons. The van der Waals surface area contributed by atoms with Crippen molar-refractivity contribution in [3.8, 4) is 0 Å². The van der Waals surface area contributed by atoms with Crippen LogP contribution in [0.25, 0.3) is 6.08 Å². The van der Waals surface area contributed by atoms with Crippen molar-refractivity contribution in [1.29, 1.82) is 0 Å². The van der Waals surface area contributed by atoms with Crippen LogP contribution in [0.3, 0.4) is 0 Å². The summed E-state index contributed by atoms with van der Waals surface area (Å²) in [5.41, 5.74) is 3.00. The van der Waals surface area contributed by atoms with Gasteiger partial charge in [0.1, 0.15) is 5.60 Å². The number of fused-ring (bicyclic) bond motifs is 6. The van der Waals surface area contributed by atoms with E-state index in [-0.39, 0.29) is 16.6 Å². The van der Waals surface area contributed by atoms with E-state index in [0.29, 0.717) is 36.1 Å². The maximum atomic E-state index is 12.6. The monoisotopic (exact) mass is 525 g/mol. The lowest BCUT2D eigenvalue weighted by Gasteiger charge is -2.60. The molecule has 2 N–H and O–H groups in total. The van der Waals surface area contributed by atoms with Crippen LogP contribution < -0.4 is 5.32 Å². The van der Waals surface area contributed by atoms with Crippen LogP contribution in [0.15, 0.2) is 11.8 Å². The first-order chi connectivity index (χ1) is 17.6. The number of nitrogens with zero attached hydrogens (tertiary/aromatic N) is 2. The highest BCUT2D eigenvalue weighted by Gasteiger charge is 2.66. The second-order valence-electron chi connectivity index (χ2n) is 14.0. The van der Waals surface area contributed by atoms with E-state index < -0.39 is 5.60 Å². The van der Waals surface area contributed by atoms with Crippen molar-refractivity contribution in [1.82, 2.24) is 15.1 Å². The molecule has 1 heterocycles. The maximum Gasteiger partial charge on any atom is 0.161 e. The first-order valence-electron chi connectivity index (χ1n) is 15.0. The Bertz CT molecular complexity index is 1090. The first kappa shape index (κ1) is 26.2. The number of carbonyl (C=O) groups excluding carboxylic acids is 1. The van der Waals surface area contributed by atoms with Gasteiger partial charge in [-0.1, -0.05) is 26.3 Å². The zero-order chi connectivity index (χ0) is 26.2. The number of carbonyl (C=O) groups is 1. The Balaban J connectivity index is 1.22. The number of nitrogens with one attached hydrogen (secondary N) is 1. The quantitative estimate of drug-likeness (QED) is 0.490. The van der Waals surface area contributed by atoms with Gasteiger partial charge in [0.15, 0.2) is 5.78 Å². The van der Waals surface area contributed by atoms with Gasteiger partial charge in [0.25, 0.3) is 0 Å². The van der Waals surface area contributed by atoms with Crippen molar-refractivity contribution >= 4 is 21.1 Å². The highest BCUT2D eigenvalue weighted by molar-refractivity contribution is 7.16. The van der Waals surface area contributed by atoms with Gasteiger partial charge in [-0.05, 0) is 118 Å². The van der Waals surface area contributed by atoms with E-state index in [9.17, 15) is 9.90 Å². The summed E-state index contributed by atoms with van der Waals surface area (Å²) in [6, 6.07) is 0.686. The summed E-state index contributed by atoms with van der Waals surface area (Å²) in [4.78, 5) is 12.6. The second-order valence-corrected chi connectivity index (χ2v) is 14.4. The van der Waals surface area contributed by atoms with E-state index in [4.69, 9.17) is 5.10 Å². The van der Waals surface area contributed by atoms with Gasteiger partial charge in [-0.15, -0.1) is 9.24 Å². The van der Waals surface area contributed by atoms with E-state index in [2.05, 4.69) is 52.3 Å². The van der Waals surface area contributed by atoms with Crippen molar-refractivity contribution in [3.05, 3.63) is 23.0 Å². The van der Waals surface area contributed by atoms with Crippen LogP contribution >= 0.6 is 9.24 Å². The van der Waals surface area contributed by atoms with Crippen LogP contribution in [-0.2, 0) is 17.8 Å². The fourth-order valence-corrected chi connectivity index (χ4v) is 10.5. The normalized spacial score (nSPS) is 44.9. The lowest BCUT2D eigenvalue weighted by molar-refractivity contribution is -0.160. The van der Waals surface area contributed by atoms with Gasteiger partial charge in [0.2, 0.25) is 0 Å². The predicted molar refractivity (Wildman–Crippen MR) is 152 cm³/mol. The van der Waals surface area contributed by atoms with E-state index in [1.54, 1.807) is 12.5 Å². The molecule has 0 amide bonds. The van der Waals surface area contributed by atoms with Crippen LogP contribution in [0, 0.1) is 40.4 Å². The van der Waals surface area contributed by atoms with Crippen LogP contribution in [0.4, 0.5) is 0 Å². The summed E-state index contributed by atoms with van der Waals surface area (Å²) in [6.45, 7) is 9.84. The zero-order valence-corrected chi connectivity index (χ0v) is 24.6. The largest absolute Gasteiger partial charge is 0.382 e. The molecule has 1 aromatic rings. The molecule has 5 nitrogen and oxygen atoms in total. The summed E-state index contributed by atoms with van der Waals surface area (Å²) in [7, 11) is 2.79. The molecule has 0 aromatic carbocycles. The van der Waals surface area contributed by atoms with Crippen LogP contribution in [0.2, 0.25) is 0 Å². The molecule has 6 rings (SSSR count). The van der Waals surface area contributed by atoms with Gasteiger partial charge < -0.3 is 10.4 Å². The van der Waals surface area contributed by atoms with Crippen molar-refractivity contribution in [2.24, 2.45) is 40.4 Å². The van der Waals surface area contributed by atoms with Gasteiger partial charge in [-0.25, -0.2) is 0 Å². The average Bonchev–Trinajstić information content (AvgIpc) is 3.37. The van der Waals surface area contributed by atoms with Gasteiger partial charge in [0.05, 0.1) is 5.69 Å². The number of hydrogen-bond acceptors (Lipinski definition) is 4. The Labute approximate surface area is 225 Å². The van der Waals surface area contributed by atoms with E-state index >= 15 is 0 Å². The van der Waals surface area contributed by atoms with Crippen molar-refractivity contribution in [2.45, 2.75) is 110 Å². The fraction of sp³-hybridized carbons (Fsp3) is 0.806. The third-order valence-electron chi connectivity index (χ3n) is 12.2. The molecule has 0 spiro atoms. The molecule has 5 aliphatic carbocycles. The van der Waals surface area contributed by atoms with Crippen molar-refractivity contribution < 1.29 is 9.90 Å². The smallest absolute Gasteiger partial charge is 0.161 e. The molecule has 0 aliphatic heterocycles. The Morgan fingerprint density at radius 1 is 1.16 bits per heavy atom. The maximum absolute atomic E-state index is 12.6. The Morgan fingerprint density at radius 3 is 2.59 bits per heavy atom.